The zero-order valence-electron chi connectivity index (χ0n) is 19.9. The quantitative estimate of drug-likeness (QED) is 0.198. The fraction of sp³-hybridized carbons (Fsp3) is 0.179. The van der Waals surface area contributed by atoms with Gasteiger partial charge in [0.2, 0.25) is 18.0 Å². The summed E-state index contributed by atoms with van der Waals surface area (Å²) in [5.74, 6) is 0.268. The Balaban J connectivity index is 1.71. The van der Waals surface area contributed by atoms with Crippen LogP contribution in [0.4, 0.5) is 0 Å². The molecule has 184 valence electrons. The number of hydrogen-bond donors (Lipinski definition) is 0. The first-order chi connectivity index (χ1) is 17.4. The molecule has 0 unspecified atom stereocenters. The fourth-order valence-electron chi connectivity index (χ4n) is 3.79. The van der Waals surface area contributed by atoms with Gasteiger partial charge < -0.3 is 14.2 Å². The van der Waals surface area contributed by atoms with Gasteiger partial charge in [-0.05, 0) is 41.8 Å². The van der Waals surface area contributed by atoms with Crippen molar-refractivity contribution in [1.29, 1.82) is 0 Å². The Bertz CT molecular complexity index is 1320. The molecule has 0 saturated carbocycles. The van der Waals surface area contributed by atoms with E-state index in [4.69, 9.17) is 14.2 Å². The van der Waals surface area contributed by atoms with Crippen molar-refractivity contribution in [2.24, 2.45) is 5.10 Å². The third kappa shape index (κ3) is 5.66. The fourth-order valence-corrected chi connectivity index (χ4v) is 4.15. The molecule has 0 N–H and O–H groups in total. The van der Waals surface area contributed by atoms with E-state index in [1.165, 1.54) is 18.9 Å². The lowest BCUT2D eigenvalue weighted by Crippen LogP contribution is -2.26. The van der Waals surface area contributed by atoms with Crippen molar-refractivity contribution in [2.45, 2.75) is 33.1 Å². The van der Waals surface area contributed by atoms with Gasteiger partial charge >= 0.3 is 5.97 Å². The number of nitrogens with zero attached hydrogens (tertiary/aromatic N) is 2. The predicted molar refractivity (Wildman–Crippen MR) is 139 cm³/mol. The standard InChI is InChI=1S/C28H25BrN2O5/c1-4-9-21-12-8-13-23(26(21)35-19(3)33)28-31(18(2)32)30-27(36-28)24-16-22(29)14-15-25(24)34-17-20-10-6-5-7-11-20/h4-8,10-16,28H,1,9,17H2,2-3H3/t28-/m0/s1. The van der Waals surface area contributed by atoms with E-state index in [2.05, 4.69) is 27.6 Å². The van der Waals surface area contributed by atoms with Crippen molar-refractivity contribution in [1.82, 2.24) is 5.01 Å². The van der Waals surface area contributed by atoms with Crippen LogP contribution in [0.3, 0.4) is 0 Å². The molecule has 0 fully saturated rings. The van der Waals surface area contributed by atoms with E-state index in [1.807, 2.05) is 60.7 Å². The zero-order valence-corrected chi connectivity index (χ0v) is 21.5. The van der Waals surface area contributed by atoms with E-state index in [1.54, 1.807) is 12.1 Å². The van der Waals surface area contributed by atoms with Crippen molar-refractivity contribution in [3.05, 3.63) is 106 Å². The van der Waals surface area contributed by atoms with Crippen molar-refractivity contribution in [3.63, 3.8) is 0 Å². The molecular weight excluding hydrogens is 524 g/mol. The van der Waals surface area contributed by atoms with Gasteiger partial charge in [-0.25, -0.2) is 0 Å². The van der Waals surface area contributed by atoms with Crippen molar-refractivity contribution in [2.75, 3.05) is 0 Å². The summed E-state index contributed by atoms with van der Waals surface area (Å²) in [6.45, 7) is 6.85. The second kappa shape index (κ2) is 11.2. The van der Waals surface area contributed by atoms with Crippen LogP contribution in [-0.2, 0) is 27.4 Å². The summed E-state index contributed by atoms with van der Waals surface area (Å²) in [5.41, 5.74) is 2.83. The minimum Gasteiger partial charge on any atom is -0.488 e. The van der Waals surface area contributed by atoms with Crippen LogP contribution in [0.1, 0.15) is 42.3 Å². The molecule has 0 radical (unpaired) electrons. The molecule has 3 aromatic carbocycles. The number of allylic oxidation sites excluding steroid dienone is 1. The Hall–Kier alpha value is -3.91. The molecule has 8 heteroatoms. The number of esters is 1. The lowest BCUT2D eigenvalue weighted by atomic mass is 10.0. The normalized spacial score (nSPS) is 14.6. The number of amides is 1. The van der Waals surface area contributed by atoms with E-state index >= 15 is 0 Å². The third-order valence-electron chi connectivity index (χ3n) is 5.38. The van der Waals surface area contributed by atoms with Crippen molar-refractivity contribution < 1.29 is 23.8 Å². The van der Waals surface area contributed by atoms with E-state index in [0.29, 0.717) is 35.7 Å². The molecule has 0 aromatic heterocycles. The van der Waals surface area contributed by atoms with Crippen LogP contribution in [0.5, 0.6) is 11.5 Å². The maximum absolute atomic E-state index is 12.6. The summed E-state index contributed by atoms with van der Waals surface area (Å²) in [7, 11) is 0. The van der Waals surface area contributed by atoms with Gasteiger partial charge in [0.05, 0.1) is 11.1 Å². The van der Waals surface area contributed by atoms with E-state index in [-0.39, 0.29) is 11.8 Å². The first-order valence-corrected chi connectivity index (χ1v) is 12.1. The van der Waals surface area contributed by atoms with E-state index < -0.39 is 12.2 Å². The summed E-state index contributed by atoms with van der Waals surface area (Å²) < 4.78 is 18.7. The van der Waals surface area contributed by atoms with Gasteiger partial charge in [-0.2, -0.15) is 5.01 Å². The Labute approximate surface area is 218 Å². The van der Waals surface area contributed by atoms with Crippen LogP contribution < -0.4 is 9.47 Å². The second-order valence-corrected chi connectivity index (χ2v) is 8.99. The SMILES string of the molecule is C=CCc1cccc([C@@H]2OC(c3cc(Br)ccc3OCc3ccccc3)=NN2C(C)=O)c1OC(C)=O. The number of hydrogen-bond acceptors (Lipinski definition) is 6. The van der Waals surface area contributed by atoms with E-state index in [9.17, 15) is 9.59 Å². The van der Waals surface area contributed by atoms with Gasteiger partial charge in [0.1, 0.15) is 18.1 Å². The molecular formula is C28H25BrN2O5. The number of benzene rings is 3. The van der Waals surface area contributed by atoms with E-state index in [0.717, 1.165) is 15.6 Å². The number of rotatable bonds is 8. The molecule has 36 heavy (non-hydrogen) atoms. The maximum atomic E-state index is 12.6. The highest BCUT2D eigenvalue weighted by molar-refractivity contribution is 9.10. The molecule has 0 aliphatic carbocycles. The lowest BCUT2D eigenvalue weighted by molar-refractivity contribution is -0.135. The maximum Gasteiger partial charge on any atom is 0.308 e. The molecule has 0 spiro atoms. The van der Waals surface area contributed by atoms with Crippen LogP contribution in [0.25, 0.3) is 0 Å². The first-order valence-electron chi connectivity index (χ1n) is 11.3. The molecule has 1 aliphatic rings. The van der Waals surface area contributed by atoms with Crippen LogP contribution in [0.2, 0.25) is 0 Å². The molecule has 7 nitrogen and oxygen atoms in total. The number of carbonyl (C=O) groups excluding carboxylic acids is 2. The van der Waals surface area contributed by atoms with Crippen LogP contribution in [-0.4, -0.2) is 22.8 Å². The molecule has 1 heterocycles. The van der Waals surface area contributed by atoms with Gasteiger partial charge in [-0.1, -0.05) is 64.5 Å². The number of carbonyl (C=O) groups is 2. The molecule has 1 aliphatic heterocycles. The average Bonchev–Trinajstić information content (AvgIpc) is 3.30. The Morgan fingerprint density at radius 2 is 1.89 bits per heavy atom. The average molecular weight is 549 g/mol. The molecule has 3 aromatic rings. The van der Waals surface area contributed by atoms with Gasteiger partial charge in [-0.15, -0.1) is 11.7 Å². The van der Waals surface area contributed by atoms with Gasteiger partial charge in [0.15, 0.2) is 0 Å². The highest BCUT2D eigenvalue weighted by Gasteiger charge is 2.37. The summed E-state index contributed by atoms with van der Waals surface area (Å²) in [5, 5.41) is 5.72. The number of para-hydroxylation sites is 1. The van der Waals surface area contributed by atoms with Crippen molar-refractivity contribution >= 4 is 33.7 Å². The lowest BCUT2D eigenvalue weighted by Gasteiger charge is -2.22. The summed E-state index contributed by atoms with van der Waals surface area (Å²) in [4.78, 5) is 24.5. The Morgan fingerprint density at radius 3 is 2.58 bits per heavy atom. The van der Waals surface area contributed by atoms with Gasteiger partial charge in [-0.3, -0.25) is 9.59 Å². The molecule has 4 rings (SSSR count). The topological polar surface area (TPSA) is 77.4 Å². The van der Waals surface area contributed by atoms with Crippen molar-refractivity contribution in [3.8, 4) is 11.5 Å². The minimum atomic E-state index is -0.933. The Morgan fingerprint density at radius 1 is 1.11 bits per heavy atom. The second-order valence-electron chi connectivity index (χ2n) is 8.08. The number of hydrazone groups is 1. The third-order valence-corrected chi connectivity index (χ3v) is 5.87. The van der Waals surface area contributed by atoms with Gasteiger partial charge in [0, 0.05) is 18.3 Å². The molecule has 0 bridgehead atoms. The minimum absolute atomic E-state index is 0.211. The predicted octanol–water partition coefficient (Wildman–Crippen LogP) is 5.92. The summed E-state index contributed by atoms with van der Waals surface area (Å²) in [6, 6.07) is 20.7. The first kappa shape index (κ1) is 25.2. The monoisotopic (exact) mass is 548 g/mol. The summed E-state index contributed by atoms with van der Waals surface area (Å²) in [6.07, 6.45) is 1.25. The molecule has 1 atom stereocenters. The van der Waals surface area contributed by atoms with Crippen LogP contribution >= 0.6 is 15.9 Å². The van der Waals surface area contributed by atoms with Crippen LogP contribution in [0.15, 0.2) is 89.0 Å². The number of halogens is 1. The Kier molecular flexibility index (Phi) is 7.85. The highest BCUT2D eigenvalue weighted by atomic mass is 79.9. The van der Waals surface area contributed by atoms with Crippen LogP contribution in [0, 0.1) is 0 Å². The summed E-state index contributed by atoms with van der Waals surface area (Å²) >= 11 is 3.50. The number of ether oxygens (including phenoxy) is 3. The largest absolute Gasteiger partial charge is 0.488 e. The smallest absolute Gasteiger partial charge is 0.308 e. The zero-order chi connectivity index (χ0) is 25.7. The molecule has 1 amide bonds. The highest BCUT2D eigenvalue weighted by Crippen LogP contribution is 2.39. The van der Waals surface area contributed by atoms with Gasteiger partial charge in [0.25, 0.3) is 0 Å². The molecule has 0 saturated heterocycles.